The number of anilines is 1. The number of rotatable bonds is 12. The van der Waals surface area contributed by atoms with Crippen molar-refractivity contribution in [3.63, 3.8) is 0 Å². The number of aliphatic hydroxyl groups is 5. The summed E-state index contributed by atoms with van der Waals surface area (Å²) >= 11 is 5.73. The van der Waals surface area contributed by atoms with Gasteiger partial charge in [-0.15, -0.1) is 11.3 Å². The molecule has 7 unspecified atom stereocenters. The summed E-state index contributed by atoms with van der Waals surface area (Å²) < 4.78 is 51.4. The predicted octanol–water partition coefficient (Wildman–Crippen LogP) is -2.33. The van der Waals surface area contributed by atoms with Crippen molar-refractivity contribution in [2.75, 3.05) is 33.0 Å². The Kier molecular flexibility index (Phi) is 11.4. The number of thiophene rings is 1. The predicted molar refractivity (Wildman–Crippen MR) is 141 cm³/mol. The molecule has 0 saturated carbocycles. The first-order valence-corrected chi connectivity index (χ1v) is 16.7. The first kappa shape index (κ1) is 34.7. The lowest BCUT2D eigenvalue weighted by atomic mass is 9.96. The third-order valence-corrected chi connectivity index (χ3v) is 10.9. The van der Waals surface area contributed by atoms with Crippen LogP contribution in [0.3, 0.4) is 0 Å². The lowest BCUT2D eigenvalue weighted by Gasteiger charge is -2.41. The number of likely N-dealkylation sites (N-methyl/N-ethyl adjacent to an activating group) is 1. The highest BCUT2D eigenvalue weighted by molar-refractivity contribution is 8.08. The van der Waals surface area contributed by atoms with Gasteiger partial charge in [0.25, 0.3) is 5.91 Å². The Bertz CT molecular complexity index is 1180. The molecule has 1 aromatic heterocycles. The summed E-state index contributed by atoms with van der Waals surface area (Å²) in [6.45, 7) is -6.49. The lowest BCUT2D eigenvalue weighted by molar-refractivity contribution is -0.287. The number of halogens is 1. The molecule has 3 rings (SSSR count). The molecule has 22 heteroatoms. The molecule has 12 atom stereocenters. The zero-order valence-corrected chi connectivity index (χ0v) is 24.9. The normalized spacial score (nSPS) is 36.1. The van der Waals surface area contributed by atoms with E-state index in [1.54, 1.807) is 24.4 Å². The van der Waals surface area contributed by atoms with E-state index < -0.39 is 94.9 Å². The second-order valence-corrected chi connectivity index (χ2v) is 14.7. The molecule has 0 spiro atoms. The third kappa shape index (κ3) is 7.86. The zero-order chi connectivity index (χ0) is 31.0. The van der Waals surface area contributed by atoms with Crippen LogP contribution in [0.2, 0.25) is 0 Å². The molecular weight excluding hydrogens is 639 g/mol. The van der Waals surface area contributed by atoms with Gasteiger partial charge in [-0.3, -0.25) is 9.32 Å². The van der Waals surface area contributed by atoms with E-state index in [-0.39, 0.29) is 10.6 Å². The molecule has 3 heterocycles. The molecule has 1 aromatic rings. The minimum Gasteiger partial charge on any atom is -0.397 e. The fourth-order valence-corrected chi connectivity index (χ4v) is 8.31. The number of phosphoric acid groups is 1. The Balaban J connectivity index is 1.67. The summed E-state index contributed by atoms with van der Waals surface area (Å²) in [6.07, 6.45) is -16.2. The largest absolute Gasteiger partial charge is 0.481 e. The Morgan fingerprint density at radius 3 is 2.37 bits per heavy atom. The molecule has 2 fully saturated rings. The summed E-state index contributed by atoms with van der Waals surface area (Å²) in [5, 5.41) is 51.2. The minimum absolute atomic E-state index is 0.0622. The van der Waals surface area contributed by atoms with Crippen molar-refractivity contribution < 1.29 is 71.9 Å². The van der Waals surface area contributed by atoms with Crippen molar-refractivity contribution >= 4 is 49.3 Å². The van der Waals surface area contributed by atoms with Gasteiger partial charge in [0.05, 0.1) is 24.9 Å². The van der Waals surface area contributed by atoms with Gasteiger partial charge >= 0.3 is 14.5 Å². The van der Waals surface area contributed by atoms with Crippen molar-refractivity contribution in [1.29, 1.82) is 0 Å². The van der Waals surface area contributed by atoms with Crippen LogP contribution in [0.5, 0.6) is 0 Å². The van der Waals surface area contributed by atoms with Crippen LogP contribution in [-0.2, 0) is 39.2 Å². The van der Waals surface area contributed by atoms with Gasteiger partial charge in [-0.25, -0.2) is 13.3 Å². The first-order valence-electron chi connectivity index (χ1n) is 11.7. The van der Waals surface area contributed by atoms with Crippen LogP contribution in [0, 0.1) is 0 Å². The summed E-state index contributed by atoms with van der Waals surface area (Å²) in [4.78, 5) is 33.8. The number of hydrogen-bond donors (Lipinski definition) is 9. The topological polar surface area (TPSA) is 277 Å². The highest BCUT2D eigenvalue weighted by atomic mass is 32.5. The minimum atomic E-state index is -5.47. The molecule has 2 saturated heterocycles. The molecule has 17 nitrogen and oxygen atoms in total. The summed E-state index contributed by atoms with van der Waals surface area (Å²) in [5.41, 5.74) is 11.8. The fourth-order valence-electron chi connectivity index (χ4n) is 4.35. The number of primary amides is 1. The van der Waals surface area contributed by atoms with Crippen molar-refractivity contribution in [3.8, 4) is 0 Å². The van der Waals surface area contributed by atoms with Gasteiger partial charge in [0.15, 0.2) is 12.5 Å². The van der Waals surface area contributed by atoms with E-state index in [2.05, 4.69) is 8.83 Å². The van der Waals surface area contributed by atoms with Gasteiger partial charge in [-0.05, 0) is 31.3 Å². The Morgan fingerprint density at radius 1 is 1.20 bits per heavy atom. The second kappa shape index (κ2) is 13.5. The third-order valence-electron chi connectivity index (χ3n) is 6.33. The summed E-state index contributed by atoms with van der Waals surface area (Å²) in [6, 6.07) is -0.733. The summed E-state index contributed by atoms with van der Waals surface area (Å²) in [7, 11) is -2.20. The highest BCUT2D eigenvalue weighted by Gasteiger charge is 2.51. The van der Waals surface area contributed by atoms with Gasteiger partial charge in [0.2, 0.25) is 0 Å². The number of carbonyl (C=O) groups excluding carboxylic acids is 1. The van der Waals surface area contributed by atoms with E-state index >= 15 is 0 Å². The maximum Gasteiger partial charge on any atom is 0.481 e. The maximum absolute atomic E-state index is 13.9. The van der Waals surface area contributed by atoms with Crippen LogP contribution in [0.1, 0.15) is 21.3 Å². The Labute approximate surface area is 241 Å². The zero-order valence-electron chi connectivity index (χ0n) is 21.4. The van der Waals surface area contributed by atoms with E-state index in [9.17, 15) is 44.0 Å². The van der Waals surface area contributed by atoms with Crippen LogP contribution in [-0.4, -0.2) is 129 Å². The van der Waals surface area contributed by atoms with E-state index in [0.717, 1.165) is 11.3 Å². The van der Waals surface area contributed by atoms with Gasteiger partial charge in [0.1, 0.15) is 47.6 Å². The van der Waals surface area contributed by atoms with Crippen LogP contribution < -0.4 is 11.5 Å². The first-order chi connectivity index (χ1) is 18.9. The highest BCUT2D eigenvalue weighted by Crippen LogP contribution is 2.62. The van der Waals surface area contributed by atoms with Crippen molar-refractivity contribution in [1.82, 2.24) is 4.90 Å². The molecule has 1 amide bonds. The quantitative estimate of drug-likeness (QED) is 0.105. The standard InChI is InChI=1S/C19H32FN3O14P2S2/c1-23(2)10-11(25)8(34-15(10)6-5-41-17(9(6)21)18(22)29)4-33-39(32,40)37-38(30,31)36-19-14(28)12(26)13(27)16(35-19)7(20)3-24/h5,7-8,10-16,19,24-28H,3-4,21H2,1-2H3,(H2,22,29)(H,30,31)(H,32,40)/t7-,8+,10+,11+,12?,13?,14?,15-,16?,19?,39?/m0/s1. The lowest BCUT2D eigenvalue weighted by Crippen LogP contribution is -2.60. The van der Waals surface area contributed by atoms with E-state index in [4.69, 9.17) is 42.4 Å². The van der Waals surface area contributed by atoms with Gasteiger partial charge in [-0.1, -0.05) is 0 Å². The van der Waals surface area contributed by atoms with Crippen molar-refractivity contribution in [3.05, 3.63) is 15.8 Å². The van der Waals surface area contributed by atoms with Crippen LogP contribution >= 0.6 is 25.9 Å². The number of nitrogens with two attached hydrogens (primary N) is 2. The van der Waals surface area contributed by atoms with Crippen LogP contribution in [0.15, 0.2) is 5.38 Å². The fraction of sp³-hybridized carbons (Fsp3) is 0.737. The molecule has 0 radical (unpaired) electrons. The Morgan fingerprint density at radius 2 is 1.83 bits per heavy atom. The molecule has 41 heavy (non-hydrogen) atoms. The van der Waals surface area contributed by atoms with Crippen LogP contribution in [0.4, 0.5) is 10.1 Å². The number of amides is 1. The molecule has 2 aliphatic heterocycles. The van der Waals surface area contributed by atoms with Gasteiger partial charge in [-0.2, -0.15) is 0 Å². The number of phosphoric ester groups is 1. The number of nitrogen functional groups attached to an aromatic ring is 1. The average molecular weight is 672 g/mol. The van der Waals surface area contributed by atoms with E-state index in [1.807, 2.05) is 0 Å². The Hall–Kier alpha value is -0.740. The maximum atomic E-state index is 13.9. The molecule has 11 N–H and O–H groups in total. The molecule has 0 bridgehead atoms. The van der Waals surface area contributed by atoms with Crippen LogP contribution in [0.25, 0.3) is 0 Å². The average Bonchev–Trinajstić information content (AvgIpc) is 3.41. The van der Waals surface area contributed by atoms with Crippen molar-refractivity contribution in [2.24, 2.45) is 5.73 Å². The number of alkyl halides is 1. The number of carbonyl (C=O) groups is 1. The molecule has 2 aliphatic rings. The number of ether oxygens (including phenoxy) is 2. The summed E-state index contributed by atoms with van der Waals surface area (Å²) in [5.74, 6) is -0.752. The molecule has 0 aromatic carbocycles. The molecule has 0 aliphatic carbocycles. The van der Waals surface area contributed by atoms with E-state index in [0.29, 0.717) is 5.56 Å². The van der Waals surface area contributed by atoms with Crippen molar-refractivity contribution in [2.45, 2.75) is 61.2 Å². The number of hydrogen-bond acceptors (Lipinski definition) is 16. The number of aliphatic hydroxyl groups excluding tert-OH is 5. The molecule has 236 valence electrons. The molecular formula is C19H32FN3O14P2S2. The number of nitrogens with zero attached hydrogens (tertiary/aromatic N) is 1. The van der Waals surface area contributed by atoms with E-state index in [1.165, 1.54) is 0 Å². The second-order valence-electron chi connectivity index (χ2n) is 9.40. The SMILES string of the molecule is CN(C)[C@@H]1[C@H](O)[C@@H](COP(O)(=S)OP(=O)(O)OC2OC([C@@H](F)CO)C(O)C(O)C2O)O[C@H]1c1csc(C(N)=O)c1N. The van der Waals surface area contributed by atoms with Gasteiger partial charge < -0.3 is 65.7 Å². The smallest absolute Gasteiger partial charge is 0.397 e. The monoisotopic (exact) mass is 671 g/mol. The van der Waals surface area contributed by atoms with Gasteiger partial charge in [0, 0.05) is 5.56 Å².